The minimum Gasteiger partial charge on any atom is -0.392 e. The van der Waals surface area contributed by atoms with Crippen LogP contribution in [0, 0.1) is 0 Å². The average molecular weight is 428 g/mol. The van der Waals surface area contributed by atoms with Crippen LogP contribution in [0.3, 0.4) is 0 Å². The number of carbonyl (C=O) groups is 1. The van der Waals surface area contributed by atoms with Gasteiger partial charge in [-0.15, -0.1) is 0 Å². The lowest BCUT2D eigenvalue weighted by atomic mass is 9.91. The summed E-state index contributed by atoms with van der Waals surface area (Å²) in [6.45, 7) is 5.76. The van der Waals surface area contributed by atoms with Crippen LogP contribution < -0.4 is 5.56 Å². The molecule has 0 spiro atoms. The van der Waals surface area contributed by atoms with Gasteiger partial charge in [0.05, 0.1) is 24.7 Å². The number of fused-ring (bicyclic) bond motifs is 1. The SMILES string of the molecule is Cn1c(C(C=O)COC(C)(C)C)c(-c2ccc(Cl)cc2)c2ccc(CO)cc2c1=O. The molecule has 0 saturated carbocycles. The molecule has 1 atom stereocenters. The third-order valence-corrected chi connectivity index (χ3v) is 5.28. The molecule has 0 amide bonds. The van der Waals surface area contributed by atoms with E-state index in [9.17, 15) is 14.7 Å². The molecular weight excluding hydrogens is 402 g/mol. The second-order valence-corrected chi connectivity index (χ2v) is 8.77. The fourth-order valence-corrected chi connectivity index (χ4v) is 3.68. The van der Waals surface area contributed by atoms with E-state index in [0.717, 1.165) is 22.8 Å². The maximum absolute atomic E-state index is 13.2. The molecule has 2 aromatic carbocycles. The standard InChI is InChI=1S/C24H26ClNO4/c1-24(2,3)30-14-17(13-28)22-21(16-6-8-18(25)9-7-16)19-10-5-15(12-27)11-20(19)23(29)26(22)4/h5-11,13,17,27H,12,14H2,1-4H3. The van der Waals surface area contributed by atoms with Crippen LogP contribution in [-0.2, 0) is 23.2 Å². The van der Waals surface area contributed by atoms with Crippen molar-refractivity contribution in [2.24, 2.45) is 7.05 Å². The van der Waals surface area contributed by atoms with Gasteiger partial charge < -0.3 is 19.2 Å². The van der Waals surface area contributed by atoms with Gasteiger partial charge in [0, 0.05) is 28.7 Å². The minimum atomic E-state index is -0.630. The zero-order chi connectivity index (χ0) is 22.1. The highest BCUT2D eigenvalue weighted by molar-refractivity contribution is 6.30. The lowest BCUT2D eigenvalue weighted by Gasteiger charge is -2.25. The number of hydrogen-bond donors (Lipinski definition) is 1. The Hall–Kier alpha value is -2.47. The number of aromatic nitrogens is 1. The number of carbonyl (C=O) groups excluding carboxylic acids is 1. The predicted octanol–water partition coefficient (Wildman–Crippen LogP) is 4.45. The number of aliphatic hydroxyl groups is 1. The quantitative estimate of drug-likeness (QED) is 0.590. The first-order chi connectivity index (χ1) is 14.2. The topological polar surface area (TPSA) is 68.5 Å². The lowest BCUT2D eigenvalue weighted by Crippen LogP contribution is -2.29. The van der Waals surface area contributed by atoms with E-state index in [1.807, 2.05) is 39.0 Å². The molecule has 1 aromatic heterocycles. The summed E-state index contributed by atoms with van der Waals surface area (Å²) in [7, 11) is 1.66. The Labute approximate surface area is 180 Å². The number of pyridine rings is 1. The fourth-order valence-electron chi connectivity index (χ4n) is 3.56. The number of hydrogen-bond acceptors (Lipinski definition) is 4. The third-order valence-electron chi connectivity index (χ3n) is 5.03. The zero-order valence-corrected chi connectivity index (χ0v) is 18.4. The molecule has 1 heterocycles. The molecule has 158 valence electrons. The van der Waals surface area contributed by atoms with Crippen molar-refractivity contribution >= 4 is 28.7 Å². The number of ether oxygens (including phenoxy) is 1. The summed E-state index contributed by atoms with van der Waals surface area (Å²) in [4.78, 5) is 25.3. The number of aldehydes is 1. The maximum atomic E-state index is 13.2. The first kappa shape index (κ1) is 22.2. The predicted molar refractivity (Wildman–Crippen MR) is 120 cm³/mol. The third kappa shape index (κ3) is 4.48. The van der Waals surface area contributed by atoms with Crippen LogP contribution in [0.2, 0.25) is 5.02 Å². The van der Waals surface area contributed by atoms with E-state index in [4.69, 9.17) is 16.3 Å². The molecule has 1 unspecified atom stereocenters. The van der Waals surface area contributed by atoms with Gasteiger partial charge in [-0.05, 0) is 55.5 Å². The van der Waals surface area contributed by atoms with Crippen molar-refractivity contribution in [3.8, 4) is 11.1 Å². The Bertz CT molecular complexity index is 1130. The Morgan fingerprint density at radius 2 is 1.80 bits per heavy atom. The van der Waals surface area contributed by atoms with Crippen LogP contribution in [0.5, 0.6) is 0 Å². The highest BCUT2D eigenvalue weighted by Gasteiger charge is 2.25. The number of nitrogens with zero attached hydrogens (tertiary/aromatic N) is 1. The van der Waals surface area contributed by atoms with Crippen LogP contribution in [0.4, 0.5) is 0 Å². The minimum absolute atomic E-state index is 0.154. The number of rotatable bonds is 6. The van der Waals surface area contributed by atoms with Crippen molar-refractivity contribution < 1.29 is 14.6 Å². The number of halogens is 1. The molecule has 0 fully saturated rings. The average Bonchev–Trinajstić information content (AvgIpc) is 2.71. The Morgan fingerprint density at radius 1 is 1.13 bits per heavy atom. The summed E-state index contributed by atoms with van der Waals surface area (Å²) in [6.07, 6.45) is 0.827. The molecule has 0 radical (unpaired) electrons. The van der Waals surface area contributed by atoms with Gasteiger partial charge >= 0.3 is 0 Å². The summed E-state index contributed by atoms with van der Waals surface area (Å²) in [5.74, 6) is -0.630. The van der Waals surface area contributed by atoms with Crippen molar-refractivity contribution in [3.63, 3.8) is 0 Å². The van der Waals surface area contributed by atoms with Crippen molar-refractivity contribution in [2.45, 2.75) is 38.9 Å². The lowest BCUT2D eigenvalue weighted by molar-refractivity contribution is -0.112. The molecule has 0 aliphatic heterocycles. The highest BCUT2D eigenvalue weighted by Crippen LogP contribution is 2.35. The van der Waals surface area contributed by atoms with E-state index in [2.05, 4.69) is 0 Å². The maximum Gasteiger partial charge on any atom is 0.258 e. The molecule has 3 rings (SSSR count). The van der Waals surface area contributed by atoms with Gasteiger partial charge in [0.2, 0.25) is 0 Å². The Balaban J connectivity index is 2.35. The van der Waals surface area contributed by atoms with Crippen LogP contribution in [0.1, 0.15) is 37.9 Å². The van der Waals surface area contributed by atoms with Crippen LogP contribution in [0.15, 0.2) is 47.3 Å². The summed E-state index contributed by atoms with van der Waals surface area (Å²) >= 11 is 6.08. The van der Waals surface area contributed by atoms with E-state index in [1.165, 1.54) is 4.57 Å². The second kappa shape index (κ2) is 8.72. The van der Waals surface area contributed by atoms with Gasteiger partial charge in [-0.3, -0.25) is 4.79 Å². The fraction of sp³-hybridized carbons (Fsp3) is 0.333. The van der Waals surface area contributed by atoms with Crippen LogP contribution in [-0.4, -0.2) is 28.2 Å². The van der Waals surface area contributed by atoms with E-state index < -0.39 is 11.5 Å². The van der Waals surface area contributed by atoms with E-state index in [-0.39, 0.29) is 18.8 Å². The second-order valence-electron chi connectivity index (χ2n) is 8.34. The van der Waals surface area contributed by atoms with Gasteiger partial charge in [-0.25, -0.2) is 0 Å². The van der Waals surface area contributed by atoms with E-state index in [0.29, 0.717) is 21.7 Å². The molecule has 0 bridgehead atoms. The molecule has 6 heteroatoms. The number of benzene rings is 2. The van der Waals surface area contributed by atoms with E-state index >= 15 is 0 Å². The van der Waals surface area contributed by atoms with Gasteiger partial charge in [0.1, 0.15) is 6.29 Å². The smallest absolute Gasteiger partial charge is 0.258 e. The molecule has 0 saturated heterocycles. The molecule has 5 nitrogen and oxygen atoms in total. The normalized spacial score (nSPS) is 12.9. The molecule has 30 heavy (non-hydrogen) atoms. The molecule has 0 aliphatic carbocycles. The largest absolute Gasteiger partial charge is 0.392 e. The highest BCUT2D eigenvalue weighted by atomic mass is 35.5. The summed E-state index contributed by atoms with van der Waals surface area (Å²) in [6, 6.07) is 12.6. The zero-order valence-electron chi connectivity index (χ0n) is 17.6. The molecular formula is C24H26ClNO4. The molecule has 0 aliphatic rings. The summed E-state index contributed by atoms with van der Waals surface area (Å²) < 4.78 is 7.40. The summed E-state index contributed by atoms with van der Waals surface area (Å²) in [5, 5.41) is 11.3. The Morgan fingerprint density at radius 3 is 2.37 bits per heavy atom. The van der Waals surface area contributed by atoms with Gasteiger partial charge in [-0.2, -0.15) is 0 Å². The first-order valence-corrected chi connectivity index (χ1v) is 10.2. The van der Waals surface area contributed by atoms with Crippen LogP contribution >= 0.6 is 11.6 Å². The number of aliphatic hydroxyl groups excluding tert-OH is 1. The van der Waals surface area contributed by atoms with Crippen molar-refractivity contribution in [1.82, 2.24) is 4.57 Å². The monoisotopic (exact) mass is 427 g/mol. The molecule has 3 aromatic rings. The Kier molecular flexibility index (Phi) is 6.46. The van der Waals surface area contributed by atoms with Crippen molar-refractivity contribution in [1.29, 1.82) is 0 Å². The summed E-state index contributed by atoms with van der Waals surface area (Å²) in [5.41, 5.74) is 2.21. The van der Waals surface area contributed by atoms with Crippen LogP contribution in [0.25, 0.3) is 21.9 Å². The van der Waals surface area contributed by atoms with Crippen molar-refractivity contribution in [2.75, 3.05) is 6.61 Å². The van der Waals surface area contributed by atoms with Gasteiger partial charge in [0.15, 0.2) is 0 Å². The van der Waals surface area contributed by atoms with Gasteiger partial charge in [0.25, 0.3) is 5.56 Å². The van der Waals surface area contributed by atoms with E-state index in [1.54, 1.807) is 31.3 Å². The first-order valence-electron chi connectivity index (χ1n) is 9.78. The molecule has 1 N–H and O–H groups in total. The van der Waals surface area contributed by atoms with Crippen molar-refractivity contribution in [3.05, 3.63) is 69.1 Å². The van der Waals surface area contributed by atoms with Gasteiger partial charge in [-0.1, -0.05) is 35.9 Å².